The maximum absolute atomic E-state index is 10.3. The van der Waals surface area contributed by atoms with Crippen LogP contribution in [0.5, 0.6) is 0 Å². The van der Waals surface area contributed by atoms with E-state index in [0.717, 1.165) is 43.4 Å². The Balaban J connectivity index is 2.48. The standard InChI is InChI=1S/C28H56O2/c1-4-7-9-11-12-13-18-24-19-15-20-25(26(24)22-14-10-8-5-2)21-16-23-28(30)27(29)17-6-3/h24-30H,4-23H2,1-3H3. The van der Waals surface area contributed by atoms with Crippen LogP contribution in [0.25, 0.3) is 0 Å². The van der Waals surface area contributed by atoms with Gasteiger partial charge >= 0.3 is 0 Å². The molecule has 1 fully saturated rings. The first kappa shape index (κ1) is 28.0. The third-order valence-corrected chi connectivity index (χ3v) is 7.78. The summed E-state index contributed by atoms with van der Waals surface area (Å²) < 4.78 is 0. The van der Waals surface area contributed by atoms with Gasteiger partial charge in [0, 0.05) is 0 Å². The molecule has 30 heavy (non-hydrogen) atoms. The molecule has 1 rings (SSSR count). The molecule has 2 heteroatoms. The molecule has 0 aromatic carbocycles. The van der Waals surface area contributed by atoms with Crippen LogP contribution in [0.3, 0.4) is 0 Å². The second kappa shape index (κ2) is 18.5. The molecular formula is C28H56O2. The summed E-state index contributed by atoms with van der Waals surface area (Å²) in [5.41, 5.74) is 0. The number of aliphatic hydroxyl groups is 2. The second-order valence-electron chi connectivity index (χ2n) is 10.4. The number of hydrogen-bond donors (Lipinski definition) is 2. The van der Waals surface area contributed by atoms with Crippen LogP contribution in [0, 0.1) is 17.8 Å². The van der Waals surface area contributed by atoms with Crippen molar-refractivity contribution in [2.24, 2.45) is 17.8 Å². The van der Waals surface area contributed by atoms with Crippen LogP contribution in [-0.4, -0.2) is 22.4 Å². The first-order valence-electron chi connectivity index (χ1n) is 14.0. The van der Waals surface area contributed by atoms with Gasteiger partial charge in [-0.15, -0.1) is 0 Å². The Morgan fingerprint density at radius 2 is 1.07 bits per heavy atom. The van der Waals surface area contributed by atoms with Crippen LogP contribution >= 0.6 is 0 Å². The topological polar surface area (TPSA) is 40.5 Å². The molecular weight excluding hydrogens is 368 g/mol. The van der Waals surface area contributed by atoms with Crippen LogP contribution in [0.4, 0.5) is 0 Å². The molecule has 0 amide bonds. The number of aliphatic hydroxyl groups excluding tert-OH is 2. The van der Waals surface area contributed by atoms with E-state index in [1.807, 2.05) is 0 Å². The van der Waals surface area contributed by atoms with Crippen molar-refractivity contribution in [3.63, 3.8) is 0 Å². The fraction of sp³-hybridized carbons (Fsp3) is 1.00. The molecule has 0 spiro atoms. The van der Waals surface area contributed by atoms with Crippen molar-refractivity contribution in [2.75, 3.05) is 0 Å². The van der Waals surface area contributed by atoms with Gasteiger partial charge in [-0.05, 0) is 37.0 Å². The van der Waals surface area contributed by atoms with Crippen molar-refractivity contribution in [3.05, 3.63) is 0 Å². The van der Waals surface area contributed by atoms with Crippen molar-refractivity contribution in [3.8, 4) is 0 Å². The number of hydrogen-bond acceptors (Lipinski definition) is 2. The van der Waals surface area contributed by atoms with Gasteiger partial charge < -0.3 is 10.2 Å². The lowest BCUT2D eigenvalue weighted by molar-refractivity contribution is 0.00611. The molecule has 0 heterocycles. The highest BCUT2D eigenvalue weighted by Gasteiger charge is 2.32. The zero-order valence-corrected chi connectivity index (χ0v) is 20.9. The van der Waals surface area contributed by atoms with E-state index in [9.17, 15) is 10.2 Å². The first-order valence-corrected chi connectivity index (χ1v) is 14.0. The summed E-state index contributed by atoms with van der Waals surface area (Å²) >= 11 is 0. The number of unbranched alkanes of at least 4 members (excludes halogenated alkanes) is 8. The Morgan fingerprint density at radius 3 is 1.70 bits per heavy atom. The Bertz CT molecular complexity index is 370. The summed E-state index contributed by atoms with van der Waals surface area (Å²) in [6, 6.07) is 0. The predicted molar refractivity (Wildman–Crippen MR) is 132 cm³/mol. The van der Waals surface area contributed by atoms with Gasteiger partial charge in [-0.1, -0.05) is 130 Å². The molecule has 1 aliphatic carbocycles. The Hall–Kier alpha value is -0.0800. The summed E-state index contributed by atoms with van der Waals surface area (Å²) in [6.45, 7) is 6.68. The fourth-order valence-electron chi connectivity index (χ4n) is 5.91. The summed E-state index contributed by atoms with van der Waals surface area (Å²) in [5, 5.41) is 20.3. The molecule has 2 N–H and O–H groups in total. The molecule has 1 aliphatic rings. The molecule has 2 nitrogen and oxygen atoms in total. The lowest BCUT2D eigenvalue weighted by Crippen LogP contribution is -2.29. The van der Waals surface area contributed by atoms with Gasteiger partial charge in [0.15, 0.2) is 0 Å². The normalized spacial score (nSPS) is 24.1. The van der Waals surface area contributed by atoms with Crippen molar-refractivity contribution >= 4 is 0 Å². The molecule has 5 unspecified atom stereocenters. The molecule has 0 saturated heterocycles. The van der Waals surface area contributed by atoms with Gasteiger partial charge in [0.1, 0.15) is 0 Å². The third-order valence-electron chi connectivity index (χ3n) is 7.78. The third kappa shape index (κ3) is 12.1. The van der Waals surface area contributed by atoms with Crippen molar-refractivity contribution in [2.45, 2.75) is 161 Å². The molecule has 0 bridgehead atoms. The molecule has 0 aliphatic heterocycles. The van der Waals surface area contributed by atoms with Crippen LogP contribution in [0.15, 0.2) is 0 Å². The van der Waals surface area contributed by atoms with Crippen LogP contribution < -0.4 is 0 Å². The minimum atomic E-state index is -0.522. The van der Waals surface area contributed by atoms with Crippen molar-refractivity contribution in [1.82, 2.24) is 0 Å². The van der Waals surface area contributed by atoms with E-state index in [1.165, 1.54) is 103 Å². The van der Waals surface area contributed by atoms with Gasteiger partial charge in [-0.2, -0.15) is 0 Å². The Kier molecular flexibility index (Phi) is 17.2. The zero-order chi connectivity index (χ0) is 22.0. The van der Waals surface area contributed by atoms with Crippen LogP contribution in [0.2, 0.25) is 0 Å². The molecule has 0 radical (unpaired) electrons. The summed E-state index contributed by atoms with van der Waals surface area (Å²) in [5.74, 6) is 2.73. The van der Waals surface area contributed by atoms with Crippen molar-refractivity contribution in [1.29, 1.82) is 0 Å². The van der Waals surface area contributed by atoms with Crippen LogP contribution in [0.1, 0.15) is 149 Å². The lowest BCUT2D eigenvalue weighted by atomic mass is 9.66. The van der Waals surface area contributed by atoms with Crippen LogP contribution in [-0.2, 0) is 0 Å². The summed E-state index contributed by atoms with van der Waals surface area (Å²) in [6.07, 6.45) is 25.0. The minimum absolute atomic E-state index is 0.518. The lowest BCUT2D eigenvalue weighted by Gasteiger charge is -2.39. The van der Waals surface area contributed by atoms with Gasteiger partial charge in [-0.25, -0.2) is 0 Å². The maximum Gasteiger partial charge on any atom is 0.0799 e. The van der Waals surface area contributed by atoms with E-state index in [0.29, 0.717) is 0 Å². The maximum atomic E-state index is 10.3. The van der Waals surface area contributed by atoms with E-state index in [-0.39, 0.29) is 0 Å². The SMILES string of the molecule is CCCCCCCCC1CCCC(CCCC(O)C(O)CCC)C1CCCCCC. The smallest absolute Gasteiger partial charge is 0.0799 e. The van der Waals surface area contributed by atoms with Crippen molar-refractivity contribution < 1.29 is 10.2 Å². The van der Waals surface area contributed by atoms with Gasteiger partial charge in [-0.3, -0.25) is 0 Å². The molecule has 0 aromatic rings. The zero-order valence-electron chi connectivity index (χ0n) is 20.9. The minimum Gasteiger partial charge on any atom is -0.390 e. The Morgan fingerprint density at radius 1 is 0.567 bits per heavy atom. The average Bonchev–Trinajstić information content (AvgIpc) is 2.74. The van der Waals surface area contributed by atoms with E-state index < -0.39 is 12.2 Å². The molecule has 0 aromatic heterocycles. The molecule has 1 saturated carbocycles. The van der Waals surface area contributed by atoms with E-state index in [2.05, 4.69) is 20.8 Å². The molecule has 5 atom stereocenters. The second-order valence-corrected chi connectivity index (χ2v) is 10.4. The van der Waals surface area contributed by atoms with E-state index in [4.69, 9.17) is 0 Å². The highest BCUT2D eigenvalue weighted by molar-refractivity contribution is 4.83. The first-order chi connectivity index (χ1) is 14.6. The van der Waals surface area contributed by atoms with E-state index >= 15 is 0 Å². The van der Waals surface area contributed by atoms with E-state index in [1.54, 1.807) is 0 Å². The highest BCUT2D eigenvalue weighted by atomic mass is 16.3. The number of rotatable bonds is 19. The predicted octanol–water partition coefficient (Wildman–Crippen LogP) is 8.43. The fourth-order valence-corrected chi connectivity index (χ4v) is 5.91. The van der Waals surface area contributed by atoms with Gasteiger partial charge in [0.05, 0.1) is 12.2 Å². The monoisotopic (exact) mass is 424 g/mol. The largest absolute Gasteiger partial charge is 0.390 e. The summed E-state index contributed by atoms with van der Waals surface area (Å²) in [7, 11) is 0. The summed E-state index contributed by atoms with van der Waals surface area (Å²) in [4.78, 5) is 0. The quantitative estimate of drug-likeness (QED) is 0.204. The van der Waals surface area contributed by atoms with Gasteiger partial charge in [0.25, 0.3) is 0 Å². The van der Waals surface area contributed by atoms with Gasteiger partial charge in [0.2, 0.25) is 0 Å². The highest BCUT2D eigenvalue weighted by Crippen LogP contribution is 2.43. The average molecular weight is 425 g/mol. The Labute approximate surface area is 189 Å². The molecule has 180 valence electrons.